The molecule has 0 aromatic heterocycles. The predicted molar refractivity (Wildman–Crippen MR) is 68.6 cm³/mol. The Labute approximate surface area is 109 Å². The van der Waals surface area contributed by atoms with Crippen LogP contribution in [0.25, 0.3) is 0 Å². The number of hydrogen-bond donors (Lipinski definition) is 1. The number of carbonyl (C=O) groups is 1. The minimum atomic E-state index is -0.697. The molecule has 3 unspecified atom stereocenters. The Kier molecular flexibility index (Phi) is 4.59. The molecule has 0 radical (unpaired) electrons. The topological polar surface area (TPSA) is 53.0 Å². The Morgan fingerprint density at radius 3 is 2.56 bits per heavy atom. The van der Waals surface area contributed by atoms with Crippen molar-refractivity contribution >= 4 is 5.97 Å². The van der Waals surface area contributed by atoms with E-state index in [1.54, 1.807) is 6.92 Å². The van der Waals surface area contributed by atoms with Crippen LogP contribution in [0.2, 0.25) is 0 Å². The fourth-order valence-corrected chi connectivity index (χ4v) is 2.90. The predicted octanol–water partition coefficient (Wildman–Crippen LogP) is 0.502. The summed E-state index contributed by atoms with van der Waals surface area (Å²) < 4.78 is 5.37. The molecule has 0 aromatic rings. The SMILES string of the molecule is CC(C(=O)O)C(C)N1CCC(N2CCOCC2)C1. The lowest BCUT2D eigenvalue weighted by molar-refractivity contribution is -0.143. The number of hydrogen-bond acceptors (Lipinski definition) is 4. The van der Waals surface area contributed by atoms with Crippen LogP contribution in [-0.2, 0) is 9.53 Å². The van der Waals surface area contributed by atoms with E-state index in [-0.39, 0.29) is 12.0 Å². The van der Waals surface area contributed by atoms with Crippen LogP contribution in [0.5, 0.6) is 0 Å². The molecular formula is C13H24N2O3. The molecule has 2 saturated heterocycles. The van der Waals surface area contributed by atoms with E-state index in [1.165, 1.54) is 0 Å². The molecule has 2 heterocycles. The monoisotopic (exact) mass is 256 g/mol. The molecule has 0 bridgehead atoms. The molecular weight excluding hydrogens is 232 g/mol. The van der Waals surface area contributed by atoms with Gasteiger partial charge in [-0.05, 0) is 13.3 Å². The van der Waals surface area contributed by atoms with Gasteiger partial charge in [0.25, 0.3) is 0 Å². The maximum Gasteiger partial charge on any atom is 0.307 e. The first-order valence-electron chi connectivity index (χ1n) is 6.88. The quantitative estimate of drug-likeness (QED) is 0.794. The molecule has 5 nitrogen and oxygen atoms in total. The van der Waals surface area contributed by atoms with Gasteiger partial charge in [-0.2, -0.15) is 0 Å². The van der Waals surface area contributed by atoms with Gasteiger partial charge in [0.2, 0.25) is 0 Å². The molecule has 2 aliphatic rings. The third kappa shape index (κ3) is 3.02. The maximum atomic E-state index is 11.0. The van der Waals surface area contributed by atoms with E-state index in [0.717, 1.165) is 45.8 Å². The van der Waals surface area contributed by atoms with Crippen LogP contribution < -0.4 is 0 Å². The van der Waals surface area contributed by atoms with Crippen LogP contribution in [0.15, 0.2) is 0 Å². The third-order valence-corrected chi connectivity index (χ3v) is 4.45. The van der Waals surface area contributed by atoms with Crippen LogP contribution in [0.3, 0.4) is 0 Å². The Bertz CT molecular complexity index is 292. The molecule has 3 atom stereocenters. The van der Waals surface area contributed by atoms with Crippen molar-refractivity contribution in [3.63, 3.8) is 0 Å². The normalized spacial score (nSPS) is 30.2. The van der Waals surface area contributed by atoms with E-state index in [2.05, 4.69) is 9.80 Å². The molecule has 18 heavy (non-hydrogen) atoms. The number of aliphatic carboxylic acids is 1. The molecule has 0 saturated carbocycles. The highest BCUT2D eigenvalue weighted by molar-refractivity contribution is 5.70. The summed E-state index contributed by atoms with van der Waals surface area (Å²) in [4.78, 5) is 15.8. The van der Waals surface area contributed by atoms with Crippen molar-refractivity contribution < 1.29 is 14.6 Å². The van der Waals surface area contributed by atoms with Gasteiger partial charge < -0.3 is 9.84 Å². The first kappa shape index (κ1) is 13.8. The number of morpholine rings is 1. The molecule has 0 aliphatic carbocycles. The van der Waals surface area contributed by atoms with E-state index in [9.17, 15) is 4.79 Å². The van der Waals surface area contributed by atoms with Gasteiger partial charge in [0.15, 0.2) is 0 Å². The zero-order valence-corrected chi connectivity index (χ0v) is 11.3. The number of carboxylic acid groups (broad SMARTS) is 1. The Morgan fingerprint density at radius 2 is 1.94 bits per heavy atom. The molecule has 2 rings (SSSR count). The number of nitrogens with zero attached hydrogens (tertiary/aromatic N) is 2. The Hall–Kier alpha value is -0.650. The van der Waals surface area contributed by atoms with Gasteiger partial charge in [-0.25, -0.2) is 0 Å². The van der Waals surface area contributed by atoms with Gasteiger partial charge in [0.1, 0.15) is 0 Å². The van der Waals surface area contributed by atoms with Crippen molar-refractivity contribution in [3.05, 3.63) is 0 Å². The lowest BCUT2D eigenvalue weighted by Gasteiger charge is -2.33. The largest absolute Gasteiger partial charge is 0.481 e. The summed E-state index contributed by atoms with van der Waals surface area (Å²) in [5.41, 5.74) is 0. The summed E-state index contributed by atoms with van der Waals surface area (Å²) in [7, 11) is 0. The fraction of sp³-hybridized carbons (Fsp3) is 0.923. The fourth-order valence-electron chi connectivity index (χ4n) is 2.90. The van der Waals surface area contributed by atoms with Crippen molar-refractivity contribution in [1.29, 1.82) is 0 Å². The van der Waals surface area contributed by atoms with Gasteiger partial charge in [-0.3, -0.25) is 14.6 Å². The van der Waals surface area contributed by atoms with E-state index < -0.39 is 5.97 Å². The number of carboxylic acids is 1. The van der Waals surface area contributed by atoms with Crippen molar-refractivity contribution in [2.75, 3.05) is 39.4 Å². The van der Waals surface area contributed by atoms with E-state index >= 15 is 0 Å². The maximum absolute atomic E-state index is 11.0. The zero-order chi connectivity index (χ0) is 13.1. The first-order chi connectivity index (χ1) is 8.59. The van der Waals surface area contributed by atoms with Gasteiger partial charge in [-0.1, -0.05) is 6.92 Å². The first-order valence-corrected chi connectivity index (χ1v) is 6.88. The number of ether oxygens (including phenoxy) is 1. The number of likely N-dealkylation sites (tertiary alicyclic amines) is 1. The Morgan fingerprint density at radius 1 is 1.28 bits per heavy atom. The average molecular weight is 256 g/mol. The van der Waals surface area contributed by atoms with Gasteiger partial charge in [-0.15, -0.1) is 0 Å². The van der Waals surface area contributed by atoms with Gasteiger partial charge in [0, 0.05) is 38.3 Å². The molecule has 104 valence electrons. The number of rotatable bonds is 4. The van der Waals surface area contributed by atoms with Crippen LogP contribution in [-0.4, -0.2) is 72.4 Å². The van der Waals surface area contributed by atoms with E-state index in [4.69, 9.17) is 9.84 Å². The second-order valence-corrected chi connectivity index (χ2v) is 5.45. The summed E-state index contributed by atoms with van der Waals surface area (Å²) in [5.74, 6) is -0.995. The van der Waals surface area contributed by atoms with Gasteiger partial charge >= 0.3 is 5.97 Å². The standard InChI is InChI=1S/C13H24N2O3/c1-10(13(16)17)11(2)15-4-3-12(9-15)14-5-7-18-8-6-14/h10-12H,3-9H2,1-2H3,(H,16,17). The molecule has 0 aromatic carbocycles. The third-order valence-electron chi connectivity index (χ3n) is 4.45. The van der Waals surface area contributed by atoms with Crippen LogP contribution in [0.1, 0.15) is 20.3 Å². The molecule has 5 heteroatoms. The highest BCUT2D eigenvalue weighted by Crippen LogP contribution is 2.22. The van der Waals surface area contributed by atoms with Gasteiger partial charge in [0.05, 0.1) is 19.1 Å². The summed E-state index contributed by atoms with van der Waals surface area (Å²) in [6.07, 6.45) is 1.15. The van der Waals surface area contributed by atoms with Crippen molar-refractivity contribution in [3.8, 4) is 0 Å². The summed E-state index contributed by atoms with van der Waals surface area (Å²) in [6.45, 7) is 9.53. The van der Waals surface area contributed by atoms with Crippen molar-refractivity contribution in [2.24, 2.45) is 5.92 Å². The van der Waals surface area contributed by atoms with Crippen molar-refractivity contribution in [1.82, 2.24) is 9.80 Å². The molecule has 0 spiro atoms. The zero-order valence-electron chi connectivity index (χ0n) is 11.3. The van der Waals surface area contributed by atoms with Crippen LogP contribution >= 0.6 is 0 Å². The van der Waals surface area contributed by atoms with Crippen LogP contribution in [0.4, 0.5) is 0 Å². The minimum absolute atomic E-state index is 0.119. The molecule has 2 fully saturated rings. The summed E-state index contributed by atoms with van der Waals surface area (Å²) in [5, 5.41) is 9.07. The van der Waals surface area contributed by atoms with Crippen molar-refractivity contribution in [2.45, 2.75) is 32.4 Å². The second-order valence-electron chi connectivity index (χ2n) is 5.45. The molecule has 2 aliphatic heterocycles. The summed E-state index contributed by atoms with van der Waals surface area (Å²) in [6, 6.07) is 0.700. The van der Waals surface area contributed by atoms with E-state index in [1.807, 2.05) is 6.92 Å². The second kappa shape index (κ2) is 5.99. The average Bonchev–Trinajstić information content (AvgIpc) is 2.87. The molecule has 0 amide bonds. The minimum Gasteiger partial charge on any atom is -0.481 e. The Balaban J connectivity index is 1.85. The van der Waals surface area contributed by atoms with E-state index in [0.29, 0.717) is 6.04 Å². The summed E-state index contributed by atoms with van der Waals surface area (Å²) >= 11 is 0. The van der Waals surface area contributed by atoms with Crippen LogP contribution in [0, 0.1) is 5.92 Å². The lowest BCUT2D eigenvalue weighted by Crippen LogP contribution is -2.46. The molecule has 1 N–H and O–H groups in total. The highest BCUT2D eigenvalue weighted by Gasteiger charge is 2.34. The smallest absolute Gasteiger partial charge is 0.307 e. The lowest BCUT2D eigenvalue weighted by atomic mass is 10.0. The highest BCUT2D eigenvalue weighted by atomic mass is 16.5.